The Hall–Kier alpha value is -2.14. The van der Waals surface area contributed by atoms with Gasteiger partial charge in [-0.3, -0.25) is 4.98 Å². The summed E-state index contributed by atoms with van der Waals surface area (Å²) in [6, 6.07) is 12.4. The van der Waals surface area contributed by atoms with Gasteiger partial charge in [-0.1, -0.05) is 38.1 Å². The summed E-state index contributed by atoms with van der Waals surface area (Å²) in [6.07, 6.45) is 1.62. The Bertz CT molecular complexity index is 589. The number of hydrogen-bond donors (Lipinski definition) is 0. The minimum atomic E-state index is 0.536. The number of rotatable bonds is 2. The van der Waals surface area contributed by atoms with Crippen molar-refractivity contribution in [3.8, 4) is 17.3 Å². The molecule has 2 nitrogen and oxygen atoms in total. The summed E-state index contributed by atoms with van der Waals surface area (Å²) >= 11 is 0. The Morgan fingerprint density at radius 3 is 2.33 bits per heavy atom. The third kappa shape index (κ3) is 2.41. The highest BCUT2D eigenvalue weighted by molar-refractivity contribution is 5.63. The van der Waals surface area contributed by atoms with E-state index in [1.165, 1.54) is 5.56 Å². The second-order valence-electron chi connectivity index (χ2n) is 4.78. The van der Waals surface area contributed by atoms with Gasteiger partial charge in [0.1, 0.15) is 6.07 Å². The predicted molar refractivity (Wildman–Crippen MR) is 73.2 cm³/mol. The van der Waals surface area contributed by atoms with E-state index in [0.717, 1.165) is 16.8 Å². The average molecular weight is 236 g/mol. The molecule has 2 aromatic rings. The lowest BCUT2D eigenvalue weighted by molar-refractivity contribution is 0.867. The molecule has 0 saturated carbocycles. The second-order valence-corrected chi connectivity index (χ2v) is 4.78. The first-order valence-electron chi connectivity index (χ1n) is 6.09. The summed E-state index contributed by atoms with van der Waals surface area (Å²) in [6.45, 7) is 6.35. The van der Waals surface area contributed by atoms with E-state index in [9.17, 15) is 0 Å². The normalized spacial score (nSPS) is 10.4. The van der Waals surface area contributed by atoms with Crippen molar-refractivity contribution in [1.82, 2.24) is 4.98 Å². The molecule has 0 atom stereocenters. The fourth-order valence-corrected chi connectivity index (χ4v) is 1.96. The Kier molecular flexibility index (Phi) is 3.43. The van der Waals surface area contributed by atoms with Crippen molar-refractivity contribution in [2.45, 2.75) is 26.7 Å². The monoisotopic (exact) mass is 236 g/mol. The highest BCUT2D eigenvalue weighted by Crippen LogP contribution is 2.24. The SMILES string of the molecule is Cc1cc(C#N)cnc1-c1ccc(C(C)C)cc1. The third-order valence-electron chi connectivity index (χ3n) is 3.06. The molecule has 0 N–H and O–H groups in total. The topological polar surface area (TPSA) is 36.7 Å². The largest absolute Gasteiger partial charge is 0.255 e. The van der Waals surface area contributed by atoms with Gasteiger partial charge in [-0.15, -0.1) is 0 Å². The van der Waals surface area contributed by atoms with Gasteiger partial charge in [0.15, 0.2) is 0 Å². The predicted octanol–water partition coefficient (Wildman–Crippen LogP) is 4.05. The number of nitrogens with zero attached hydrogens (tertiary/aromatic N) is 2. The van der Waals surface area contributed by atoms with Crippen molar-refractivity contribution in [3.05, 3.63) is 53.2 Å². The third-order valence-corrected chi connectivity index (χ3v) is 3.06. The number of aryl methyl sites for hydroxylation is 1. The van der Waals surface area contributed by atoms with Gasteiger partial charge in [0, 0.05) is 11.8 Å². The molecule has 0 saturated heterocycles. The number of aromatic nitrogens is 1. The molecule has 2 heteroatoms. The zero-order valence-electron chi connectivity index (χ0n) is 10.9. The summed E-state index contributed by atoms with van der Waals surface area (Å²) in [7, 11) is 0. The Morgan fingerprint density at radius 1 is 1.17 bits per heavy atom. The zero-order chi connectivity index (χ0) is 13.1. The highest BCUT2D eigenvalue weighted by atomic mass is 14.7. The van der Waals surface area contributed by atoms with E-state index < -0.39 is 0 Å². The Morgan fingerprint density at radius 2 is 1.83 bits per heavy atom. The van der Waals surface area contributed by atoms with Crippen LogP contribution in [0.2, 0.25) is 0 Å². The molecule has 0 fully saturated rings. The number of hydrogen-bond acceptors (Lipinski definition) is 2. The van der Waals surface area contributed by atoms with Crippen LogP contribution in [-0.2, 0) is 0 Å². The van der Waals surface area contributed by atoms with Gasteiger partial charge in [-0.25, -0.2) is 0 Å². The molecule has 0 spiro atoms. The summed E-state index contributed by atoms with van der Waals surface area (Å²) in [4.78, 5) is 4.37. The van der Waals surface area contributed by atoms with Crippen LogP contribution < -0.4 is 0 Å². The molecular weight excluding hydrogens is 220 g/mol. The molecule has 0 aliphatic rings. The number of benzene rings is 1. The molecule has 0 bridgehead atoms. The van der Waals surface area contributed by atoms with Crippen LogP contribution in [0.4, 0.5) is 0 Å². The maximum atomic E-state index is 8.83. The first-order valence-corrected chi connectivity index (χ1v) is 6.09. The van der Waals surface area contributed by atoms with Gasteiger partial charge in [0.05, 0.1) is 11.3 Å². The molecule has 0 unspecified atom stereocenters. The first-order chi connectivity index (χ1) is 8.61. The van der Waals surface area contributed by atoms with E-state index in [1.807, 2.05) is 13.0 Å². The summed E-state index contributed by atoms with van der Waals surface area (Å²) in [5.41, 5.74) is 5.01. The van der Waals surface area contributed by atoms with E-state index in [1.54, 1.807) is 6.20 Å². The molecule has 0 aliphatic heterocycles. The van der Waals surface area contributed by atoms with E-state index in [-0.39, 0.29) is 0 Å². The van der Waals surface area contributed by atoms with Crippen LogP contribution in [0.3, 0.4) is 0 Å². The smallest absolute Gasteiger partial charge is 0.101 e. The van der Waals surface area contributed by atoms with Crippen LogP contribution in [0.25, 0.3) is 11.3 Å². The van der Waals surface area contributed by atoms with Crippen LogP contribution >= 0.6 is 0 Å². The van der Waals surface area contributed by atoms with Crippen LogP contribution in [0, 0.1) is 18.3 Å². The molecule has 90 valence electrons. The maximum Gasteiger partial charge on any atom is 0.101 e. The fraction of sp³-hybridized carbons (Fsp3) is 0.250. The fourth-order valence-electron chi connectivity index (χ4n) is 1.96. The lowest BCUT2D eigenvalue weighted by Gasteiger charge is -2.08. The van der Waals surface area contributed by atoms with Crippen LogP contribution in [0.1, 0.15) is 36.5 Å². The minimum absolute atomic E-state index is 0.536. The second kappa shape index (κ2) is 5.01. The van der Waals surface area contributed by atoms with Gasteiger partial charge < -0.3 is 0 Å². The molecule has 1 aromatic carbocycles. The van der Waals surface area contributed by atoms with E-state index >= 15 is 0 Å². The van der Waals surface area contributed by atoms with E-state index in [0.29, 0.717) is 11.5 Å². The molecule has 18 heavy (non-hydrogen) atoms. The molecule has 0 aliphatic carbocycles. The van der Waals surface area contributed by atoms with Gasteiger partial charge in [0.25, 0.3) is 0 Å². The number of nitriles is 1. The summed E-state index contributed by atoms with van der Waals surface area (Å²) in [5, 5.41) is 8.83. The zero-order valence-corrected chi connectivity index (χ0v) is 10.9. The minimum Gasteiger partial charge on any atom is -0.255 e. The molecular formula is C16H16N2. The van der Waals surface area contributed by atoms with E-state index in [2.05, 4.69) is 49.2 Å². The Labute approximate surface area is 108 Å². The first kappa shape index (κ1) is 12.3. The molecule has 1 aromatic heterocycles. The standard InChI is InChI=1S/C16H16N2/c1-11(2)14-4-6-15(7-5-14)16-12(3)8-13(9-17)10-18-16/h4-8,10-11H,1-3H3. The van der Waals surface area contributed by atoms with Crippen molar-refractivity contribution in [2.75, 3.05) is 0 Å². The molecule has 0 amide bonds. The Balaban J connectivity index is 2.40. The molecule has 0 radical (unpaired) electrons. The van der Waals surface area contributed by atoms with Gasteiger partial charge in [0.2, 0.25) is 0 Å². The lowest BCUT2D eigenvalue weighted by atomic mass is 9.99. The van der Waals surface area contributed by atoms with Crippen LogP contribution in [0.5, 0.6) is 0 Å². The highest BCUT2D eigenvalue weighted by Gasteiger charge is 2.05. The van der Waals surface area contributed by atoms with Crippen molar-refractivity contribution in [1.29, 1.82) is 5.26 Å². The van der Waals surface area contributed by atoms with Crippen molar-refractivity contribution < 1.29 is 0 Å². The lowest BCUT2D eigenvalue weighted by Crippen LogP contribution is -1.91. The summed E-state index contributed by atoms with van der Waals surface area (Å²) < 4.78 is 0. The molecule has 2 rings (SSSR count). The maximum absolute atomic E-state index is 8.83. The average Bonchev–Trinajstić information content (AvgIpc) is 2.38. The summed E-state index contributed by atoms with van der Waals surface area (Å²) in [5.74, 6) is 0.536. The van der Waals surface area contributed by atoms with Crippen molar-refractivity contribution in [2.24, 2.45) is 0 Å². The van der Waals surface area contributed by atoms with Crippen molar-refractivity contribution >= 4 is 0 Å². The van der Waals surface area contributed by atoms with Crippen LogP contribution in [0.15, 0.2) is 36.5 Å². The van der Waals surface area contributed by atoms with Crippen molar-refractivity contribution in [3.63, 3.8) is 0 Å². The molecule has 1 heterocycles. The van der Waals surface area contributed by atoms with Gasteiger partial charge in [-0.2, -0.15) is 5.26 Å². The number of pyridine rings is 1. The quantitative estimate of drug-likeness (QED) is 0.788. The van der Waals surface area contributed by atoms with Gasteiger partial charge >= 0.3 is 0 Å². The van der Waals surface area contributed by atoms with Crippen LogP contribution in [-0.4, -0.2) is 4.98 Å². The van der Waals surface area contributed by atoms with E-state index in [4.69, 9.17) is 5.26 Å². The van der Waals surface area contributed by atoms with Gasteiger partial charge in [-0.05, 0) is 30.0 Å².